The average molecular weight is 349 g/mol. The number of esters is 1. The number of fused-ring (bicyclic) bond motifs is 3. The predicted octanol–water partition coefficient (Wildman–Crippen LogP) is 4.62. The van der Waals surface area contributed by atoms with Crippen LogP contribution in [-0.2, 0) is 4.74 Å². The third kappa shape index (κ3) is 2.48. The number of ether oxygens (including phenoxy) is 2. The summed E-state index contributed by atoms with van der Waals surface area (Å²) in [6.07, 6.45) is 5.58. The first-order valence-corrected chi connectivity index (χ1v) is 8.93. The van der Waals surface area contributed by atoms with Gasteiger partial charge in [0.25, 0.3) is 0 Å². The summed E-state index contributed by atoms with van der Waals surface area (Å²) in [6, 6.07) is 12.2. The smallest absolute Gasteiger partial charge is 0.338 e. The second kappa shape index (κ2) is 6.52. The Labute approximate surface area is 153 Å². The van der Waals surface area contributed by atoms with Crippen molar-refractivity contribution < 1.29 is 14.3 Å². The van der Waals surface area contributed by atoms with E-state index in [0.717, 1.165) is 29.0 Å². The molecule has 4 rings (SSSR count). The average Bonchev–Trinajstić information content (AvgIpc) is 3.17. The second-order valence-electron chi connectivity index (χ2n) is 6.91. The highest BCUT2D eigenvalue weighted by atomic mass is 16.5. The van der Waals surface area contributed by atoms with E-state index >= 15 is 0 Å². The zero-order valence-electron chi connectivity index (χ0n) is 15.3. The van der Waals surface area contributed by atoms with Crippen molar-refractivity contribution in [1.82, 2.24) is 0 Å². The van der Waals surface area contributed by atoms with Gasteiger partial charge in [0.15, 0.2) is 0 Å². The molecule has 0 bridgehead atoms. The Morgan fingerprint density at radius 3 is 2.69 bits per heavy atom. The highest BCUT2D eigenvalue weighted by Crippen LogP contribution is 2.52. The fraction of sp³-hybridized carbons (Fsp3) is 0.318. The summed E-state index contributed by atoms with van der Waals surface area (Å²) >= 11 is 0. The topological polar surface area (TPSA) is 47.6 Å². The van der Waals surface area contributed by atoms with Gasteiger partial charge in [0, 0.05) is 17.2 Å². The van der Waals surface area contributed by atoms with Gasteiger partial charge in [-0.05, 0) is 42.5 Å². The van der Waals surface area contributed by atoms with Gasteiger partial charge in [-0.3, -0.25) is 0 Å². The van der Waals surface area contributed by atoms with E-state index in [9.17, 15) is 4.79 Å². The molecule has 3 atom stereocenters. The van der Waals surface area contributed by atoms with Crippen LogP contribution in [0.5, 0.6) is 5.75 Å². The third-order valence-corrected chi connectivity index (χ3v) is 5.68. The lowest BCUT2D eigenvalue weighted by Gasteiger charge is -2.39. The molecule has 2 aromatic rings. The molecule has 0 saturated heterocycles. The maximum Gasteiger partial charge on any atom is 0.338 e. The summed E-state index contributed by atoms with van der Waals surface area (Å²) in [5.41, 5.74) is 4.99. The normalized spacial score (nSPS) is 23.0. The molecule has 4 heteroatoms. The van der Waals surface area contributed by atoms with Crippen molar-refractivity contribution in [2.45, 2.75) is 25.3 Å². The number of allylic oxidation sites excluding steroid dienone is 2. The van der Waals surface area contributed by atoms with Gasteiger partial charge < -0.3 is 14.8 Å². The fourth-order valence-corrected chi connectivity index (χ4v) is 4.38. The van der Waals surface area contributed by atoms with E-state index in [1.54, 1.807) is 7.11 Å². The van der Waals surface area contributed by atoms with Crippen LogP contribution in [0.3, 0.4) is 0 Å². The molecule has 2 aromatic carbocycles. The second-order valence-corrected chi connectivity index (χ2v) is 6.91. The SMILES string of the molecule is COC(=O)c1ccc2c(c1C)N[C@H](c1ccccc1OC)[C@@H]1CC=C[C@H]21. The molecule has 0 fully saturated rings. The molecular weight excluding hydrogens is 326 g/mol. The third-order valence-electron chi connectivity index (χ3n) is 5.68. The molecule has 26 heavy (non-hydrogen) atoms. The van der Waals surface area contributed by atoms with Crippen molar-refractivity contribution >= 4 is 11.7 Å². The zero-order valence-corrected chi connectivity index (χ0v) is 15.3. The predicted molar refractivity (Wildman–Crippen MR) is 102 cm³/mol. The Morgan fingerprint density at radius 2 is 1.92 bits per heavy atom. The van der Waals surface area contributed by atoms with E-state index in [2.05, 4.69) is 29.6 Å². The Bertz CT molecular complexity index is 887. The number of carbonyl (C=O) groups excluding carboxylic acids is 1. The van der Waals surface area contributed by atoms with Crippen molar-refractivity contribution in [3.63, 3.8) is 0 Å². The standard InChI is InChI=1S/C22H23NO3/c1-13-14(22(24)26-3)11-12-17-15-8-6-9-16(15)21(23-20(13)17)18-7-4-5-10-19(18)25-2/h4-8,10-12,15-16,21,23H,9H2,1-3H3/t15-,16+,21-/m0/s1. The molecule has 0 radical (unpaired) electrons. The zero-order chi connectivity index (χ0) is 18.3. The maximum absolute atomic E-state index is 12.1. The van der Waals surface area contributed by atoms with Crippen LogP contribution in [0, 0.1) is 12.8 Å². The first-order chi connectivity index (χ1) is 12.7. The van der Waals surface area contributed by atoms with E-state index in [-0.39, 0.29) is 12.0 Å². The van der Waals surface area contributed by atoms with Crippen LogP contribution in [0.25, 0.3) is 0 Å². The highest BCUT2D eigenvalue weighted by Gasteiger charge is 2.39. The summed E-state index contributed by atoms with van der Waals surface area (Å²) < 4.78 is 10.6. The fourth-order valence-electron chi connectivity index (χ4n) is 4.38. The summed E-state index contributed by atoms with van der Waals surface area (Å²) in [5, 5.41) is 3.72. The number of hydrogen-bond donors (Lipinski definition) is 1. The maximum atomic E-state index is 12.1. The molecule has 1 aliphatic carbocycles. The number of methoxy groups -OCH3 is 2. The monoisotopic (exact) mass is 349 g/mol. The lowest BCUT2D eigenvalue weighted by molar-refractivity contribution is 0.0600. The Morgan fingerprint density at radius 1 is 1.12 bits per heavy atom. The van der Waals surface area contributed by atoms with Crippen molar-refractivity contribution in [2.24, 2.45) is 5.92 Å². The summed E-state index contributed by atoms with van der Waals surface area (Å²) in [6.45, 7) is 1.98. The first kappa shape index (κ1) is 16.7. The Hall–Kier alpha value is -2.75. The number of para-hydroxylation sites is 1. The van der Waals surface area contributed by atoms with Gasteiger partial charge >= 0.3 is 5.97 Å². The quantitative estimate of drug-likeness (QED) is 0.649. The molecule has 1 aliphatic heterocycles. The van der Waals surface area contributed by atoms with Crippen LogP contribution in [-0.4, -0.2) is 20.2 Å². The van der Waals surface area contributed by atoms with Crippen molar-refractivity contribution in [3.05, 3.63) is 70.8 Å². The molecule has 1 heterocycles. The molecule has 1 N–H and O–H groups in total. The van der Waals surface area contributed by atoms with Crippen LogP contribution in [0.4, 0.5) is 5.69 Å². The molecule has 0 saturated carbocycles. The molecular formula is C22H23NO3. The molecule has 0 spiro atoms. The minimum Gasteiger partial charge on any atom is -0.496 e. The largest absolute Gasteiger partial charge is 0.496 e. The first-order valence-electron chi connectivity index (χ1n) is 8.93. The van der Waals surface area contributed by atoms with Gasteiger partial charge in [0.2, 0.25) is 0 Å². The van der Waals surface area contributed by atoms with E-state index in [4.69, 9.17) is 9.47 Å². The van der Waals surface area contributed by atoms with Gasteiger partial charge in [0.05, 0.1) is 25.8 Å². The van der Waals surface area contributed by atoms with Crippen molar-refractivity contribution in [3.8, 4) is 5.75 Å². The molecule has 134 valence electrons. The van der Waals surface area contributed by atoms with E-state index in [1.807, 2.05) is 31.2 Å². The lowest BCUT2D eigenvalue weighted by Crippen LogP contribution is -2.30. The Kier molecular flexibility index (Phi) is 4.19. The van der Waals surface area contributed by atoms with Crippen LogP contribution in [0.15, 0.2) is 48.6 Å². The molecule has 0 unspecified atom stereocenters. The van der Waals surface area contributed by atoms with E-state index in [0.29, 0.717) is 17.4 Å². The van der Waals surface area contributed by atoms with Crippen molar-refractivity contribution in [2.75, 3.05) is 19.5 Å². The molecule has 2 aliphatic rings. The van der Waals surface area contributed by atoms with Crippen LogP contribution < -0.4 is 10.1 Å². The van der Waals surface area contributed by atoms with Gasteiger partial charge in [-0.15, -0.1) is 0 Å². The van der Waals surface area contributed by atoms with Gasteiger partial charge in [-0.25, -0.2) is 4.79 Å². The van der Waals surface area contributed by atoms with Crippen LogP contribution >= 0.6 is 0 Å². The number of anilines is 1. The number of carbonyl (C=O) groups is 1. The van der Waals surface area contributed by atoms with Crippen LogP contribution in [0.2, 0.25) is 0 Å². The van der Waals surface area contributed by atoms with E-state index < -0.39 is 0 Å². The van der Waals surface area contributed by atoms with Gasteiger partial charge in [-0.2, -0.15) is 0 Å². The van der Waals surface area contributed by atoms with Crippen molar-refractivity contribution in [1.29, 1.82) is 0 Å². The minimum absolute atomic E-state index is 0.130. The summed E-state index contributed by atoms with van der Waals surface area (Å²) in [5.74, 6) is 1.36. The number of nitrogens with one attached hydrogen (secondary N) is 1. The van der Waals surface area contributed by atoms with E-state index in [1.165, 1.54) is 12.7 Å². The van der Waals surface area contributed by atoms with Crippen LogP contribution in [0.1, 0.15) is 45.4 Å². The summed E-state index contributed by atoms with van der Waals surface area (Å²) in [4.78, 5) is 12.1. The summed E-state index contributed by atoms with van der Waals surface area (Å²) in [7, 11) is 3.13. The Balaban J connectivity index is 1.84. The highest BCUT2D eigenvalue weighted by molar-refractivity contribution is 5.93. The minimum atomic E-state index is -0.301. The number of hydrogen-bond acceptors (Lipinski definition) is 4. The lowest BCUT2D eigenvalue weighted by atomic mass is 9.75. The molecule has 4 nitrogen and oxygen atoms in total. The molecule has 0 aromatic heterocycles. The number of benzene rings is 2. The van der Waals surface area contributed by atoms with Gasteiger partial charge in [-0.1, -0.05) is 36.4 Å². The number of rotatable bonds is 3. The molecule has 0 amide bonds. The van der Waals surface area contributed by atoms with Gasteiger partial charge in [0.1, 0.15) is 5.75 Å².